The van der Waals surface area contributed by atoms with E-state index in [4.69, 9.17) is 21.1 Å². The third kappa shape index (κ3) is 3.81. The van der Waals surface area contributed by atoms with E-state index in [1.807, 2.05) is 0 Å². The zero-order valence-electron chi connectivity index (χ0n) is 18.0. The monoisotopic (exact) mass is 456 g/mol. The maximum atomic E-state index is 13.2. The summed E-state index contributed by atoms with van der Waals surface area (Å²) < 4.78 is 10.7. The van der Waals surface area contributed by atoms with Crippen LogP contribution in [0.5, 0.6) is 11.5 Å². The standard InChI is InChI=1S/C24H25ClN2O5/c1-31-18-13-16(25)19(32-2)12-15(18)22(28)20-21(17-10-6-7-11-26-17)27(24(30)23(20)29)14-8-4-3-5-9-14/h6-7,10-14,21,28H,3-5,8-9H2,1-2H3/b22-20+. The molecule has 2 fully saturated rings. The molecule has 0 radical (unpaired) electrons. The van der Waals surface area contributed by atoms with Crippen molar-refractivity contribution >= 4 is 29.1 Å². The minimum atomic E-state index is -0.786. The summed E-state index contributed by atoms with van der Waals surface area (Å²) in [6.07, 6.45) is 6.33. The Morgan fingerprint density at radius 1 is 1.09 bits per heavy atom. The van der Waals surface area contributed by atoms with Gasteiger partial charge in [-0.2, -0.15) is 0 Å². The van der Waals surface area contributed by atoms with Gasteiger partial charge in [0.1, 0.15) is 23.3 Å². The second-order valence-corrected chi connectivity index (χ2v) is 8.35. The largest absolute Gasteiger partial charge is 0.507 e. The highest BCUT2D eigenvalue weighted by molar-refractivity contribution is 6.46. The minimum absolute atomic E-state index is 0.0121. The average Bonchev–Trinajstić information content (AvgIpc) is 3.10. The minimum Gasteiger partial charge on any atom is -0.507 e. The number of aliphatic hydroxyl groups is 1. The molecule has 1 saturated carbocycles. The van der Waals surface area contributed by atoms with Crippen molar-refractivity contribution in [3.8, 4) is 11.5 Å². The molecule has 1 aromatic heterocycles. The molecular weight excluding hydrogens is 432 g/mol. The SMILES string of the molecule is COc1cc(/C(O)=C2\C(=O)C(=O)N(C3CCCCC3)C2c2ccccn2)c(OC)cc1Cl. The van der Waals surface area contributed by atoms with E-state index in [1.54, 1.807) is 29.3 Å². The van der Waals surface area contributed by atoms with Gasteiger partial charge in [-0.3, -0.25) is 14.6 Å². The number of carbonyl (C=O) groups is 2. The van der Waals surface area contributed by atoms with Crippen molar-refractivity contribution in [3.05, 3.63) is 58.4 Å². The second kappa shape index (κ2) is 9.20. The number of nitrogens with zero attached hydrogens (tertiary/aromatic N) is 2. The Balaban J connectivity index is 1.92. The van der Waals surface area contributed by atoms with E-state index in [2.05, 4.69) is 4.98 Å². The van der Waals surface area contributed by atoms with Crippen LogP contribution < -0.4 is 9.47 Å². The Hall–Kier alpha value is -3.06. The van der Waals surface area contributed by atoms with Crippen LogP contribution in [-0.4, -0.2) is 46.9 Å². The van der Waals surface area contributed by atoms with E-state index in [0.717, 1.165) is 32.1 Å². The number of aliphatic hydroxyl groups excluding tert-OH is 1. The Labute approximate surface area is 191 Å². The van der Waals surface area contributed by atoms with Crippen molar-refractivity contribution in [1.82, 2.24) is 9.88 Å². The number of hydrogen-bond acceptors (Lipinski definition) is 6. The molecule has 1 aromatic carbocycles. The Morgan fingerprint density at radius 2 is 1.81 bits per heavy atom. The molecule has 2 aliphatic rings. The van der Waals surface area contributed by atoms with Crippen molar-refractivity contribution in [3.63, 3.8) is 0 Å². The molecule has 1 N–H and O–H groups in total. The predicted octanol–water partition coefficient (Wildman–Crippen LogP) is 4.51. The fourth-order valence-corrected chi connectivity index (χ4v) is 4.84. The number of hydrogen-bond donors (Lipinski definition) is 1. The molecule has 32 heavy (non-hydrogen) atoms. The van der Waals surface area contributed by atoms with E-state index in [1.165, 1.54) is 26.4 Å². The first-order valence-electron chi connectivity index (χ1n) is 10.6. The second-order valence-electron chi connectivity index (χ2n) is 7.94. The highest BCUT2D eigenvalue weighted by Gasteiger charge is 2.49. The van der Waals surface area contributed by atoms with Gasteiger partial charge in [0.05, 0.1) is 36.1 Å². The number of benzene rings is 1. The molecule has 1 unspecified atom stereocenters. The Morgan fingerprint density at radius 3 is 2.44 bits per heavy atom. The number of aromatic nitrogens is 1. The van der Waals surface area contributed by atoms with Crippen molar-refractivity contribution in [2.45, 2.75) is 44.2 Å². The lowest BCUT2D eigenvalue weighted by atomic mass is 9.92. The van der Waals surface area contributed by atoms with Crippen molar-refractivity contribution in [2.24, 2.45) is 0 Å². The third-order valence-corrected chi connectivity index (χ3v) is 6.44. The first-order chi connectivity index (χ1) is 15.5. The van der Waals surface area contributed by atoms with Crippen molar-refractivity contribution < 1.29 is 24.2 Å². The number of methoxy groups -OCH3 is 2. The highest BCUT2D eigenvalue weighted by Crippen LogP contribution is 2.44. The summed E-state index contributed by atoms with van der Waals surface area (Å²) in [6, 6.07) is 7.46. The lowest BCUT2D eigenvalue weighted by Gasteiger charge is -2.35. The molecule has 0 bridgehead atoms. The van der Waals surface area contributed by atoms with Crippen LogP contribution >= 0.6 is 11.6 Å². The van der Waals surface area contributed by atoms with Gasteiger partial charge in [-0.1, -0.05) is 36.9 Å². The van der Waals surface area contributed by atoms with Gasteiger partial charge in [0.2, 0.25) is 0 Å². The summed E-state index contributed by atoms with van der Waals surface area (Å²) in [7, 11) is 2.89. The van der Waals surface area contributed by atoms with Crippen LogP contribution in [0.25, 0.3) is 5.76 Å². The maximum absolute atomic E-state index is 13.2. The number of ether oxygens (including phenoxy) is 2. The number of amides is 1. The predicted molar refractivity (Wildman–Crippen MR) is 120 cm³/mol. The van der Waals surface area contributed by atoms with Crippen LogP contribution in [0.2, 0.25) is 5.02 Å². The van der Waals surface area contributed by atoms with Gasteiger partial charge in [0.25, 0.3) is 11.7 Å². The summed E-state index contributed by atoms with van der Waals surface area (Å²) in [6.45, 7) is 0. The molecular formula is C24H25ClN2O5. The molecule has 168 valence electrons. The van der Waals surface area contributed by atoms with Gasteiger partial charge >= 0.3 is 0 Å². The first kappa shape index (κ1) is 22.1. The third-order valence-electron chi connectivity index (χ3n) is 6.15. The molecule has 1 saturated heterocycles. The molecule has 0 spiro atoms. The Bertz CT molecular complexity index is 1060. The van der Waals surface area contributed by atoms with Gasteiger partial charge in [-0.05, 0) is 31.0 Å². The van der Waals surface area contributed by atoms with E-state index >= 15 is 0 Å². The number of ketones is 1. The highest BCUT2D eigenvalue weighted by atomic mass is 35.5. The zero-order valence-corrected chi connectivity index (χ0v) is 18.8. The number of pyridine rings is 1. The molecule has 8 heteroatoms. The van der Waals surface area contributed by atoms with Crippen LogP contribution in [0.1, 0.15) is 49.4 Å². The van der Waals surface area contributed by atoms with Crippen molar-refractivity contribution in [2.75, 3.05) is 14.2 Å². The quantitative estimate of drug-likeness (QED) is 0.404. The number of rotatable bonds is 5. The average molecular weight is 457 g/mol. The Kier molecular flexibility index (Phi) is 6.37. The van der Waals surface area contributed by atoms with Gasteiger partial charge in [-0.25, -0.2) is 0 Å². The van der Waals surface area contributed by atoms with Gasteiger partial charge in [0.15, 0.2) is 0 Å². The topological polar surface area (TPSA) is 89.0 Å². The molecule has 1 aliphatic heterocycles. The molecule has 1 amide bonds. The summed E-state index contributed by atoms with van der Waals surface area (Å²) in [5.41, 5.74) is 0.733. The van der Waals surface area contributed by atoms with E-state index in [-0.39, 0.29) is 28.7 Å². The lowest BCUT2D eigenvalue weighted by molar-refractivity contribution is -0.141. The number of halogens is 1. The summed E-state index contributed by atoms with van der Waals surface area (Å²) in [5, 5.41) is 11.6. The van der Waals surface area contributed by atoms with Crippen LogP contribution in [0.3, 0.4) is 0 Å². The summed E-state index contributed by atoms with van der Waals surface area (Å²) in [4.78, 5) is 32.5. The number of likely N-dealkylation sites (tertiary alicyclic amines) is 1. The lowest BCUT2D eigenvalue weighted by Crippen LogP contribution is -2.40. The molecule has 1 aliphatic carbocycles. The van der Waals surface area contributed by atoms with Crippen LogP contribution in [-0.2, 0) is 9.59 Å². The summed E-state index contributed by atoms with van der Waals surface area (Å²) in [5.74, 6) is -1.13. The van der Waals surface area contributed by atoms with Crippen LogP contribution in [0.4, 0.5) is 0 Å². The molecule has 2 heterocycles. The van der Waals surface area contributed by atoms with Crippen LogP contribution in [0, 0.1) is 0 Å². The van der Waals surface area contributed by atoms with E-state index < -0.39 is 17.7 Å². The van der Waals surface area contributed by atoms with Gasteiger partial charge in [-0.15, -0.1) is 0 Å². The van der Waals surface area contributed by atoms with E-state index in [0.29, 0.717) is 16.5 Å². The smallest absolute Gasteiger partial charge is 0.295 e. The van der Waals surface area contributed by atoms with Crippen LogP contribution in [0.15, 0.2) is 42.1 Å². The molecule has 1 atom stereocenters. The molecule has 4 rings (SSSR count). The number of carbonyl (C=O) groups excluding carboxylic acids is 2. The van der Waals surface area contributed by atoms with E-state index in [9.17, 15) is 14.7 Å². The summed E-state index contributed by atoms with van der Waals surface area (Å²) >= 11 is 6.20. The zero-order chi connectivity index (χ0) is 22.8. The normalized spacial score (nSPS) is 21.1. The number of Topliss-reactive ketones (excluding diaryl/α,β-unsaturated/α-hetero) is 1. The van der Waals surface area contributed by atoms with Gasteiger partial charge < -0.3 is 19.5 Å². The fraction of sp³-hybridized carbons (Fsp3) is 0.375. The first-order valence-corrected chi connectivity index (χ1v) is 11.0. The maximum Gasteiger partial charge on any atom is 0.295 e. The molecule has 2 aromatic rings. The van der Waals surface area contributed by atoms with Gasteiger partial charge in [0, 0.05) is 18.3 Å². The van der Waals surface area contributed by atoms with Crippen molar-refractivity contribution in [1.29, 1.82) is 0 Å². The molecule has 7 nitrogen and oxygen atoms in total. The fourth-order valence-electron chi connectivity index (χ4n) is 4.60.